The summed E-state index contributed by atoms with van der Waals surface area (Å²) >= 11 is 0. The minimum absolute atomic E-state index is 0.0792. The maximum Gasteiger partial charge on any atom is 0.131 e. The maximum absolute atomic E-state index is 14.8. The molecule has 26 heavy (non-hydrogen) atoms. The topological polar surface area (TPSA) is 0 Å². The normalized spacial score (nSPS) is 24.5. The van der Waals surface area contributed by atoms with E-state index >= 15 is 0 Å². The molecule has 2 saturated carbocycles. The second-order valence-electron chi connectivity index (χ2n) is 8.31. The zero-order valence-corrected chi connectivity index (χ0v) is 15.6. The summed E-state index contributed by atoms with van der Waals surface area (Å²) in [5.41, 5.74) is 4.26. The molecule has 0 bridgehead atoms. The number of benzene rings is 2. The van der Waals surface area contributed by atoms with Crippen molar-refractivity contribution < 1.29 is 4.39 Å². The van der Waals surface area contributed by atoms with Gasteiger partial charge in [0.2, 0.25) is 0 Å². The first-order chi connectivity index (χ1) is 12.7. The molecule has 2 radical (unpaired) electrons. The number of hydrogen-bond donors (Lipinski definition) is 0. The first-order valence-electron chi connectivity index (χ1n) is 10.4. The second-order valence-corrected chi connectivity index (χ2v) is 8.31. The minimum Gasteiger partial charge on any atom is -0.206 e. The molecule has 0 unspecified atom stereocenters. The summed E-state index contributed by atoms with van der Waals surface area (Å²) in [7, 11) is 6.02. The SMILES string of the molecule is [B]C1CCC(c2ccc(-c3ccc(C4CCCCC4)cc3F)cc2)CC1. The Hall–Kier alpha value is -1.57. The third kappa shape index (κ3) is 3.90. The van der Waals surface area contributed by atoms with E-state index in [4.69, 9.17) is 7.85 Å². The van der Waals surface area contributed by atoms with E-state index in [1.54, 1.807) is 6.07 Å². The molecule has 0 aromatic heterocycles. The van der Waals surface area contributed by atoms with E-state index in [0.717, 1.165) is 24.0 Å². The van der Waals surface area contributed by atoms with Crippen LogP contribution in [0.15, 0.2) is 42.5 Å². The van der Waals surface area contributed by atoms with Gasteiger partial charge in [0, 0.05) is 5.56 Å². The molecule has 2 aliphatic carbocycles. The first-order valence-corrected chi connectivity index (χ1v) is 10.4. The van der Waals surface area contributed by atoms with Gasteiger partial charge in [-0.15, -0.1) is 0 Å². The zero-order valence-electron chi connectivity index (χ0n) is 15.6. The van der Waals surface area contributed by atoms with Crippen molar-refractivity contribution in [1.82, 2.24) is 0 Å². The summed E-state index contributed by atoms with van der Waals surface area (Å²) in [5, 5.41) is 0. The van der Waals surface area contributed by atoms with Crippen LogP contribution in [0.1, 0.15) is 80.8 Å². The molecule has 134 valence electrons. The van der Waals surface area contributed by atoms with Crippen molar-refractivity contribution in [2.75, 3.05) is 0 Å². The highest BCUT2D eigenvalue weighted by Gasteiger charge is 2.20. The van der Waals surface area contributed by atoms with Crippen molar-refractivity contribution in [3.05, 3.63) is 59.4 Å². The van der Waals surface area contributed by atoms with Crippen molar-refractivity contribution in [3.63, 3.8) is 0 Å². The van der Waals surface area contributed by atoms with Crippen LogP contribution in [0.2, 0.25) is 5.82 Å². The summed E-state index contributed by atoms with van der Waals surface area (Å²) in [5.74, 6) is 1.46. The van der Waals surface area contributed by atoms with Gasteiger partial charge in [0.15, 0.2) is 0 Å². The summed E-state index contributed by atoms with van der Waals surface area (Å²) in [6.45, 7) is 0. The molecule has 0 atom stereocenters. The molecule has 2 fully saturated rings. The average Bonchev–Trinajstić information content (AvgIpc) is 2.69. The fraction of sp³-hybridized carbons (Fsp3) is 0.500. The van der Waals surface area contributed by atoms with Gasteiger partial charge in [-0.2, -0.15) is 0 Å². The van der Waals surface area contributed by atoms with E-state index < -0.39 is 0 Å². The Balaban J connectivity index is 1.50. The lowest BCUT2D eigenvalue weighted by molar-refractivity contribution is 0.442. The van der Waals surface area contributed by atoms with Gasteiger partial charge in [0.05, 0.1) is 7.85 Å². The lowest BCUT2D eigenvalue weighted by Gasteiger charge is -2.26. The monoisotopic (exact) mass is 346 g/mol. The fourth-order valence-corrected chi connectivity index (χ4v) is 4.84. The maximum atomic E-state index is 14.8. The van der Waals surface area contributed by atoms with E-state index in [1.807, 2.05) is 6.07 Å². The molecular formula is C24H28BF. The smallest absolute Gasteiger partial charge is 0.131 e. The summed E-state index contributed by atoms with van der Waals surface area (Å²) in [6, 6.07) is 14.4. The van der Waals surface area contributed by atoms with Crippen molar-refractivity contribution >= 4 is 7.85 Å². The van der Waals surface area contributed by atoms with E-state index in [2.05, 4.69) is 30.3 Å². The molecular weight excluding hydrogens is 318 g/mol. The van der Waals surface area contributed by atoms with Crippen LogP contribution < -0.4 is 0 Å². The second kappa shape index (κ2) is 7.98. The molecule has 0 aliphatic heterocycles. The molecule has 0 N–H and O–H groups in total. The third-order valence-electron chi connectivity index (χ3n) is 6.53. The van der Waals surface area contributed by atoms with Crippen molar-refractivity contribution in [2.24, 2.45) is 0 Å². The predicted octanol–water partition coefficient (Wildman–Crippen LogP) is 7.16. The van der Waals surface area contributed by atoms with Crippen LogP contribution in [-0.2, 0) is 0 Å². The predicted molar refractivity (Wildman–Crippen MR) is 108 cm³/mol. The van der Waals surface area contributed by atoms with E-state index in [0.29, 0.717) is 17.7 Å². The van der Waals surface area contributed by atoms with Crippen molar-refractivity contribution in [1.29, 1.82) is 0 Å². The molecule has 4 rings (SSSR count). The van der Waals surface area contributed by atoms with Gasteiger partial charge in [-0.3, -0.25) is 0 Å². The fourth-order valence-electron chi connectivity index (χ4n) is 4.84. The highest BCUT2D eigenvalue weighted by molar-refractivity contribution is 6.11. The van der Waals surface area contributed by atoms with Crippen LogP contribution in [0.3, 0.4) is 0 Å². The Morgan fingerprint density at radius 2 is 1.31 bits per heavy atom. The van der Waals surface area contributed by atoms with Gasteiger partial charge < -0.3 is 0 Å². The van der Waals surface area contributed by atoms with Crippen LogP contribution >= 0.6 is 0 Å². The lowest BCUT2D eigenvalue weighted by Crippen LogP contribution is -2.09. The molecule has 2 aromatic carbocycles. The largest absolute Gasteiger partial charge is 0.206 e. The molecule has 2 aromatic rings. The van der Waals surface area contributed by atoms with Gasteiger partial charge in [0.25, 0.3) is 0 Å². The summed E-state index contributed by atoms with van der Waals surface area (Å²) in [6.07, 6.45) is 10.9. The van der Waals surface area contributed by atoms with Crippen LogP contribution in [0.4, 0.5) is 4.39 Å². The Morgan fingerprint density at radius 1 is 0.692 bits per heavy atom. The molecule has 2 heteroatoms. The zero-order chi connectivity index (χ0) is 17.9. The van der Waals surface area contributed by atoms with Crippen LogP contribution in [0.25, 0.3) is 11.1 Å². The third-order valence-corrected chi connectivity index (χ3v) is 6.53. The van der Waals surface area contributed by atoms with E-state index in [9.17, 15) is 4.39 Å². The number of halogens is 1. The van der Waals surface area contributed by atoms with Gasteiger partial charge >= 0.3 is 0 Å². The van der Waals surface area contributed by atoms with Gasteiger partial charge in [-0.05, 0) is 60.3 Å². The Labute approximate surface area is 158 Å². The molecule has 0 heterocycles. The summed E-state index contributed by atoms with van der Waals surface area (Å²) in [4.78, 5) is 0. The van der Waals surface area contributed by atoms with E-state index in [-0.39, 0.29) is 5.82 Å². The van der Waals surface area contributed by atoms with E-state index in [1.165, 1.54) is 56.1 Å². The Bertz CT molecular complexity index is 722. The van der Waals surface area contributed by atoms with Crippen LogP contribution in [-0.4, -0.2) is 7.85 Å². The highest BCUT2D eigenvalue weighted by Crippen LogP contribution is 2.38. The Morgan fingerprint density at radius 3 is 1.96 bits per heavy atom. The highest BCUT2D eigenvalue weighted by atomic mass is 19.1. The quantitative estimate of drug-likeness (QED) is 0.517. The molecule has 0 spiro atoms. The van der Waals surface area contributed by atoms with Crippen LogP contribution in [0, 0.1) is 5.82 Å². The number of rotatable bonds is 3. The van der Waals surface area contributed by atoms with Gasteiger partial charge in [-0.25, -0.2) is 4.39 Å². The van der Waals surface area contributed by atoms with Crippen molar-refractivity contribution in [2.45, 2.75) is 75.4 Å². The lowest BCUT2D eigenvalue weighted by atomic mass is 9.70. The average molecular weight is 346 g/mol. The van der Waals surface area contributed by atoms with Gasteiger partial charge in [0.1, 0.15) is 5.82 Å². The van der Waals surface area contributed by atoms with Crippen LogP contribution in [0.5, 0.6) is 0 Å². The summed E-state index contributed by atoms with van der Waals surface area (Å²) < 4.78 is 14.8. The molecule has 0 saturated heterocycles. The molecule has 0 nitrogen and oxygen atoms in total. The molecule has 2 aliphatic rings. The number of hydrogen-bond acceptors (Lipinski definition) is 0. The molecule has 0 amide bonds. The van der Waals surface area contributed by atoms with Gasteiger partial charge in [-0.1, -0.05) is 74.3 Å². The first kappa shape index (κ1) is 17.8. The van der Waals surface area contributed by atoms with Crippen molar-refractivity contribution in [3.8, 4) is 11.1 Å². The Kier molecular flexibility index (Phi) is 5.48. The standard InChI is InChI=1S/C24H28BF/c25-22-13-10-19(11-14-22)18-6-8-20(9-7-18)23-15-12-21(16-24(23)26)17-4-2-1-3-5-17/h6-9,12,15-17,19,22H,1-5,10-11,13-14H2. The minimum atomic E-state index is -0.0792.